The van der Waals surface area contributed by atoms with E-state index in [1.165, 1.54) is 26.0 Å². The lowest BCUT2D eigenvalue weighted by Gasteiger charge is -2.10. The highest BCUT2D eigenvalue weighted by Crippen LogP contribution is 2.27. The maximum Gasteiger partial charge on any atom is 0.308 e. The Morgan fingerprint density at radius 1 is 1.31 bits per heavy atom. The van der Waals surface area contributed by atoms with Crippen molar-refractivity contribution in [3.05, 3.63) is 23.8 Å². The predicted molar refractivity (Wildman–Crippen MR) is 57.4 cm³/mol. The number of ether oxygens (including phenoxy) is 1. The standard InChI is InChI=1S/C11H11NO4/c1-7(14)12-11-9(6-13)4-3-5-10(11)16-8(2)15/h3-6H,1-2H3,(H,12,14). The van der Waals surface area contributed by atoms with E-state index >= 15 is 0 Å². The van der Waals surface area contributed by atoms with E-state index in [1.54, 1.807) is 6.07 Å². The highest BCUT2D eigenvalue weighted by atomic mass is 16.5. The summed E-state index contributed by atoms with van der Waals surface area (Å²) in [6.07, 6.45) is 0.582. The van der Waals surface area contributed by atoms with Gasteiger partial charge in [0.2, 0.25) is 5.91 Å². The molecule has 0 bridgehead atoms. The summed E-state index contributed by atoms with van der Waals surface area (Å²) in [4.78, 5) is 32.5. The second-order valence-corrected chi connectivity index (χ2v) is 3.11. The van der Waals surface area contributed by atoms with Crippen LogP contribution in [0.5, 0.6) is 5.75 Å². The van der Waals surface area contributed by atoms with Crippen LogP contribution in [0.1, 0.15) is 24.2 Å². The third-order valence-corrected chi connectivity index (χ3v) is 1.74. The molecule has 16 heavy (non-hydrogen) atoms. The molecule has 0 unspecified atom stereocenters. The van der Waals surface area contributed by atoms with Crippen LogP contribution >= 0.6 is 0 Å². The number of rotatable bonds is 3. The fourth-order valence-corrected chi connectivity index (χ4v) is 1.20. The van der Waals surface area contributed by atoms with Crippen LogP contribution in [0.15, 0.2) is 18.2 Å². The number of benzene rings is 1. The summed E-state index contributed by atoms with van der Waals surface area (Å²) >= 11 is 0. The molecule has 0 aliphatic rings. The number of aldehydes is 1. The minimum absolute atomic E-state index is 0.160. The van der Waals surface area contributed by atoms with Crippen molar-refractivity contribution in [1.82, 2.24) is 0 Å². The van der Waals surface area contributed by atoms with Crippen LogP contribution in [0.4, 0.5) is 5.69 Å². The topological polar surface area (TPSA) is 72.5 Å². The minimum atomic E-state index is -0.519. The van der Waals surface area contributed by atoms with Crippen molar-refractivity contribution >= 4 is 23.9 Å². The zero-order valence-corrected chi connectivity index (χ0v) is 8.94. The van der Waals surface area contributed by atoms with Gasteiger partial charge in [-0.2, -0.15) is 0 Å². The number of esters is 1. The van der Waals surface area contributed by atoms with Crippen molar-refractivity contribution in [1.29, 1.82) is 0 Å². The van der Waals surface area contributed by atoms with Gasteiger partial charge in [-0.3, -0.25) is 14.4 Å². The molecule has 1 aromatic rings. The van der Waals surface area contributed by atoms with Crippen LogP contribution in [0.3, 0.4) is 0 Å². The predicted octanol–water partition coefficient (Wildman–Crippen LogP) is 1.38. The van der Waals surface area contributed by atoms with Gasteiger partial charge >= 0.3 is 5.97 Å². The van der Waals surface area contributed by atoms with Gasteiger partial charge in [0.05, 0.1) is 5.69 Å². The molecular formula is C11H11NO4. The first kappa shape index (κ1) is 11.9. The Morgan fingerprint density at radius 3 is 2.50 bits per heavy atom. The van der Waals surface area contributed by atoms with Gasteiger partial charge in [-0.1, -0.05) is 6.07 Å². The number of nitrogens with one attached hydrogen (secondary N) is 1. The number of carbonyl (C=O) groups is 3. The van der Waals surface area contributed by atoms with E-state index in [2.05, 4.69) is 5.32 Å². The zero-order chi connectivity index (χ0) is 12.1. The molecule has 0 saturated carbocycles. The quantitative estimate of drug-likeness (QED) is 0.475. The normalized spacial score (nSPS) is 9.38. The lowest BCUT2D eigenvalue weighted by Crippen LogP contribution is -2.11. The Kier molecular flexibility index (Phi) is 3.77. The van der Waals surface area contributed by atoms with E-state index in [0.29, 0.717) is 6.29 Å². The summed E-state index contributed by atoms with van der Waals surface area (Å²) in [5.41, 5.74) is 0.467. The smallest absolute Gasteiger partial charge is 0.308 e. The lowest BCUT2D eigenvalue weighted by molar-refractivity contribution is -0.131. The molecule has 0 atom stereocenters. The van der Waals surface area contributed by atoms with Gasteiger partial charge in [0, 0.05) is 19.4 Å². The van der Waals surface area contributed by atoms with Crippen molar-refractivity contribution in [2.75, 3.05) is 5.32 Å². The van der Waals surface area contributed by atoms with E-state index in [0.717, 1.165) is 0 Å². The first-order valence-electron chi connectivity index (χ1n) is 4.58. The summed E-state index contributed by atoms with van der Waals surface area (Å²) in [6.45, 7) is 2.55. The Hall–Kier alpha value is -2.17. The zero-order valence-electron chi connectivity index (χ0n) is 8.94. The van der Waals surface area contributed by atoms with Gasteiger partial charge < -0.3 is 10.1 Å². The molecule has 0 spiro atoms. The molecule has 84 valence electrons. The number of para-hydroxylation sites is 1. The molecular weight excluding hydrogens is 210 g/mol. The van der Waals surface area contributed by atoms with Crippen molar-refractivity contribution < 1.29 is 19.1 Å². The molecule has 0 radical (unpaired) electrons. The average Bonchev–Trinajstić information content (AvgIpc) is 2.19. The lowest BCUT2D eigenvalue weighted by atomic mass is 10.2. The summed E-state index contributed by atoms with van der Waals surface area (Å²) < 4.78 is 4.88. The Balaban J connectivity index is 3.19. The molecule has 0 fully saturated rings. The summed E-state index contributed by atoms with van der Waals surface area (Å²) in [7, 11) is 0. The fourth-order valence-electron chi connectivity index (χ4n) is 1.20. The number of amides is 1. The van der Waals surface area contributed by atoms with Gasteiger partial charge in [-0.15, -0.1) is 0 Å². The number of hydrogen-bond donors (Lipinski definition) is 1. The third-order valence-electron chi connectivity index (χ3n) is 1.74. The van der Waals surface area contributed by atoms with Gasteiger partial charge in [0.25, 0.3) is 0 Å². The van der Waals surface area contributed by atoms with Crippen LogP contribution in [-0.4, -0.2) is 18.2 Å². The SMILES string of the molecule is CC(=O)Nc1c(C=O)cccc1OC(C)=O. The van der Waals surface area contributed by atoms with Crippen molar-refractivity contribution in [3.8, 4) is 5.75 Å². The molecule has 5 nitrogen and oxygen atoms in total. The molecule has 0 aromatic heterocycles. The average molecular weight is 221 g/mol. The second-order valence-electron chi connectivity index (χ2n) is 3.11. The molecule has 5 heteroatoms. The third kappa shape index (κ3) is 2.91. The summed E-state index contributed by atoms with van der Waals surface area (Å²) in [6, 6.07) is 4.58. The maximum atomic E-state index is 11.0. The number of carbonyl (C=O) groups excluding carboxylic acids is 3. The van der Waals surface area contributed by atoms with Gasteiger partial charge in [0.1, 0.15) is 0 Å². The van der Waals surface area contributed by atoms with Crippen molar-refractivity contribution in [2.45, 2.75) is 13.8 Å². The van der Waals surface area contributed by atoms with Crippen LogP contribution in [-0.2, 0) is 9.59 Å². The second kappa shape index (κ2) is 5.06. The van der Waals surface area contributed by atoms with Gasteiger partial charge in [-0.25, -0.2) is 0 Å². The largest absolute Gasteiger partial charge is 0.424 e. The molecule has 0 saturated heterocycles. The van der Waals surface area contributed by atoms with E-state index in [-0.39, 0.29) is 22.9 Å². The first-order valence-corrected chi connectivity index (χ1v) is 4.58. The van der Waals surface area contributed by atoms with Crippen LogP contribution in [0.2, 0.25) is 0 Å². The maximum absolute atomic E-state index is 11.0. The van der Waals surface area contributed by atoms with E-state index in [4.69, 9.17) is 4.74 Å². The highest BCUT2D eigenvalue weighted by Gasteiger charge is 2.11. The molecule has 1 rings (SSSR count). The summed E-state index contributed by atoms with van der Waals surface area (Å²) in [5, 5.41) is 2.45. The monoisotopic (exact) mass is 221 g/mol. The Morgan fingerprint density at radius 2 is 2.00 bits per heavy atom. The fraction of sp³-hybridized carbons (Fsp3) is 0.182. The van der Waals surface area contributed by atoms with E-state index < -0.39 is 5.97 Å². The molecule has 1 amide bonds. The van der Waals surface area contributed by atoms with E-state index in [9.17, 15) is 14.4 Å². The first-order chi connectivity index (χ1) is 7.54. The van der Waals surface area contributed by atoms with Gasteiger partial charge in [0.15, 0.2) is 12.0 Å². The van der Waals surface area contributed by atoms with Crippen LogP contribution < -0.4 is 10.1 Å². The molecule has 0 aliphatic heterocycles. The number of hydrogen-bond acceptors (Lipinski definition) is 4. The number of anilines is 1. The van der Waals surface area contributed by atoms with Crippen LogP contribution in [0.25, 0.3) is 0 Å². The Bertz CT molecular complexity index is 440. The van der Waals surface area contributed by atoms with E-state index in [1.807, 2.05) is 0 Å². The van der Waals surface area contributed by atoms with Crippen LogP contribution in [0, 0.1) is 0 Å². The minimum Gasteiger partial charge on any atom is -0.424 e. The molecule has 1 N–H and O–H groups in total. The molecule has 0 heterocycles. The summed E-state index contributed by atoms with van der Waals surface area (Å²) in [5.74, 6) is -0.704. The molecule has 0 aliphatic carbocycles. The van der Waals surface area contributed by atoms with Crippen molar-refractivity contribution in [3.63, 3.8) is 0 Å². The highest BCUT2D eigenvalue weighted by molar-refractivity contribution is 5.98. The van der Waals surface area contributed by atoms with Crippen molar-refractivity contribution in [2.24, 2.45) is 0 Å². The Labute approximate surface area is 92.4 Å². The molecule has 1 aromatic carbocycles. The van der Waals surface area contributed by atoms with Gasteiger partial charge in [-0.05, 0) is 12.1 Å².